The summed E-state index contributed by atoms with van der Waals surface area (Å²) in [7, 11) is 0. The van der Waals surface area contributed by atoms with Gasteiger partial charge in [-0.3, -0.25) is 0 Å². The van der Waals surface area contributed by atoms with Gasteiger partial charge in [0.05, 0.1) is 0 Å². The van der Waals surface area contributed by atoms with E-state index in [0.717, 1.165) is 10.0 Å². The van der Waals surface area contributed by atoms with Crippen molar-refractivity contribution in [1.29, 1.82) is 0 Å². The van der Waals surface area contributed by atoms with E-state index >= 15 is 0 Å². The van der Waals surface area contributed by atoms with E-state index < -0.39 is 4.84 Å². The number of rotatable bonds is 1. The first-order chi connectivity index (χ1) is 5.11. The van der Waals surface area contributed by atoms with Crippen LogP contribution in [0.4, 0.5) is 0 Å². The van der Waals surface area contributed by atoms with E-state index in [1.54, 1.807) is 0 Å². The molecule has 3 heteroatoms. The average Bonchev–Trinajstić information content (AvgIpc) is 1.94. The summed E-state index contributed by atoms with van der Waals surface area (Å²) in [5.74, 6) is 0. The van der Waals surface area contributed by atoms with Crippen molar-refractivity contribution in [2.24, 2.45) is 0 Å². The first-order valence-electron chi connectivity index (χ1n) is 3.19. The van der Waals surface area contributed by atoms with Gasteiger partial charge in [-0.25, -0.2) is 0 Å². The second-order valence-electron chi connectivity index (χ2n) is 2.36. The third-order valence-electron chi connectivity index (χ3n) is 1.42. The van der Waals surface area contributed by atoms with Crippen LogP contribution in [-0.2, 0) is 0 Å². The van der Waals surface area contributed by atoms with E-state index in [4.69, 9.17) is 23.2 Å². The van der Waals surface area contributed by atoms with Crippen molar-refractivity contribution in [1.82, 2.24) is 0 Å². The Morgan fingerprint density at radius 3 is 2.45 bits per heavy atom. The van der Waals surface area contributed by atoms with Crippen LogP contribution in [0.3, 0.4) is 0 Å². The minimum absolute atomic E-state index is 0.423. The molecule has 0 heterocycles. The number of benzene rings is 1. The third-order valence-corrected chi connectivity index (χ3v) is 2.74. The normalized spacial score (nSPS) is 10.6. The van der Waals surface area contributed by atoms with E-state index in [-0.39, 0.29) is 0 Å². The summed E-state index contributed by atoms with van der Waals surface area (Å²) in [5, 5.41) is 0. The zero-order chi connectivity index (χ0) is 8.43. The maximum atomic E-state index is 5.74. The summed E-state index contributed by atoms with van der Waals surface area (Å²) in [6.45, 7) is 2.02. The topological polar surface area (TPSA) is 0 Å². The Labute approximate surface area is 84.7 Å². The van der Waals surface area contributed by atoms with Crippen LogP contribution in [0.25, 0.3) is 0 Å². The Hall–Kier alpha value is 0.319. The van der Waals surface area contributed by atoms with Gasteiger partial charge in [-0.1, -0.05) is 0 Å². The van der Waals surface area contributed by atoms with Gasteiger partial charge >= 0.3 is 84.8 Å². The van der Waals surface area contributed by atoms with Crippen LogP contribution in [0.5, 0.6) is 0 Å². The fraction of sp³-hybridized carbons (Fsp3) is 0.250. The average molecular weight is 254 g/mol. The van der Waals surface area contributed by atoms with Crippen LogP contribution in [-0.4, -0.2) is 16.0 Å². The van der Waals surface area contributed by atoms with Crippen molar-refractivity contribution in [2.75, 3.05) is 0 Å². The molecule has 0 fully saturated rings. The zero-order valence-corrected chi connectivity index (χ0v) is 9.40. The van der Waals surface area contributed by atoms with Crippen LogP contribution in [0, 0.1) is 6.92 Å². The predicted molar refractivity (Wildman–Crippen MR) is 52.4 cm³/mol. The zero-order valence-electron chi connectivity index (χ0n) is 6.01. The predicted octanol–water partition coefficient (Wildman–Crippen LogP) is 2.00. The number of hydrogen-bond acceptors (Lipinski definition) is 0. The monoisotopic (exact) mass is 254 g/mol. The van der Waals surface area contributed by atoms with E-state index in [2.05, 4.69) is 16.0 Å². The molecule has 11 heavy (non-hydrogen) atoms. The van der Waals surface area contributed by atoms with Gasteiger partial charge in [0.25, 0.3) is 0 Å². The summed E-state index contributed by atoms with van der Waals surface area (Å²) < 4.78 is 1.08. The fourth-order valence-corrected chi connectivity index (χ4v) is 2.10. The molecule has 0 aromatic heterocycles. The first-order valence-corrected chi connectivity index (χ1v) is 5.00. The Kier molecular flexibility index (Phi) is 3.27. The summed E-state index contributed by atoms with van der Waals surface area (Å²) in [6.07, 6.45) is 0. The molecule has 60 valence electrons. The molecule has 0 atom stereocenters. The van der Waals surface area contributed by atoms with Gasteiger partial charge in [-0.15, -0.1) is 0 Å². The minimum atomic E-state index is -0.423. The molecule has 0 saturated heterocycles. The summed E-state index contributed by atoms with van der Waals surface area (Å²) in [5.41, 5.74) is 2.16. The summed E-state index contributed by atoms with van der Waals surface area (Å²) in [6, 6.07) is 6.04. The van der Waals surface area contributed by atoms with Crippen LogP contribution >= 0.6 is 23.2 Å². The molecule has 0 nitrogen and oxygen atoms in total. The summed E-state index contributed by atoms with van der Waals surface area (Å²) >= 11 is 13.9. The van der Waals surface area contributed by atoms with Gasteiger partial charge in [0, 0.05) is 0 Å². The molecule has 0 unspecified atom stereocenters. The van der Waals surface area contributed by atoms with Crippen molar-refractivity contribution in [3.8, 4) is 0 Å². The fourth-order valence-electron chi connectivity index (χ4n) is 0.849. The molecular weight excluding hydrogens is 246 g/mol. The second-order valence-corrected chi connectivity index (χ2v) is 4.47. The van der Waals surface area contributed by atoms with E-state index in [9.17, 15) is 0 Å². The Balaban J connectivity index is 3.13. The van der Waals surface area contributed by atoms with Gasteiger partial charge < -0.3 is 0 Å². The van der Waals surface area contributed by atoms with Crippen LogP contribution in [0.15, 0.2) is 18.2 Å². The molecule has 0 N–H and O–H groups in total. The van der Waals surface area contributed by atoms with E-state index in [1.165, 1.54) is 5.56 Å². The molecular formula is C8H8Cl2Se. The van der Waals surface area contributed by atoms with Crippen molar-refractivity contribution >= 4 is 43.7 Å². The molecule has 0 radical (unpaired) electrons. The quantitative estimate of drug-likeness (QED) is 0.531. The first kappa shape index (κ1) is 9.41. The van der Waals surface area contributed by atoms with Crippen LogP contribution in [0.1, 0.15) is 16.0 Å². The molecule has 0 saturated carbocycles. The molecule has 0 aliphatic rings. The molecule has 0 aliphatic carbocycles. The molecule has 0 spiro atoms. The summed E-state index contributed by atoms with van der Waals surface area (Å²) in [4.78, 5) is -0.423. The number of hydrogen-bond donors (Lipinski definition) is 0. The van der Waals surface area contributed by atoms with E-state index in [0.29, 0.717) is 0 Å². The van der Waals surface area contributed by atoms with Gasteiger partial charge in [-0.05, 0) is 0 Å². The Bertz CT molecular complexity index is 258. The Morgan fingerprint density at radius 2 is 2.00 bits per heavy atom. The second kappa shape index (κ2) is 3.82. The molecule has 1 aromatic carbocycles. The molecule has 0 aliphatic heterocycles. The van der Waals surface area contributed by atoms with Crippen molar-refractivity contribution in [3.05, 3.63) is 29.3 Å². The molecule has 0 bridgehead atoms. The van der Waals surface area contributed by atoms with Crippen LogP contribution < -0.4 is 4.46 Å². The van der Waals surface area contributed by atoms with Crippen molar-refractivity contribution in [2.45, 2.75) is 11.8 Å². The van der Waals surface area contributed by atoms with E-state index in [1.807, 2.05) is 25.1 Å². The van der Waals surface area contributed by atoms with Gasteiger partial charge in [-0.2, -0.15) is 0 Å². The number of halogens is 2. The van der Waals surface area contributed by atoms with Crippen molar-refractivity contribution in [3.63, 3.8) is 0 Å². The SMILES string of the molecule is Cc1ccc([SeH])c(C(Cl)Cl)c1. The van der Waals surface area contributed by atoms with Gasteiger partial charge in [0.1, 0.15) is 0 Å². The number of aryl methyl sites for hydroxylation is 1. The van der Waals surface area contributed by atoms with Gasteiger partial charge in [0.2, 0.25) is 0 Å². The van der Waals surface area contributed by atoms with Gasteiger partial charge in [0.15, 0.2) is 0 Å². The van der Waals surface area contributed by atoms with Crippen molar-refractivity contribution < 1.29 is 0 Å². The molecule has 0 amide bonds. The molecule has 1 rings (SSSR count). The third kappa shape index (κ3) is 2.38. The van der Waals surface area contributed by atoms with Crippen LogP contribution in [0.2, 0.25) is 0 Å². The molecule has 1 aromatic rings. The number of alkyl halides is 2. The standard InChI is InChI=1S/C8H8Cl2Se/c1-5-2-3-7(11)6(4-5)8(9)10/h2-4,8,11H,1H3. The Morgan fingerprint density at radius 1 is 1.36 bits per heavy atom. The maximum absolute atomic E-state index is 5.74.